The number of alkyl halides is 3. The fraction of sp³-hybridized carbons (Fsp3) is 0.105. The van der Waals surface area contributed by atoms with Crippen LogP contribution in [0.25, 0.3) is 11.5 Å². The fourth-order valence-corrected chi connectivity index (χ4v) is 2.81. The van der Waals surface area contributed by atoms with Crippen molar-refractivity contribution >= 4 is 34.8 Å². The molecule has 0 saturated heterocycles. The van der Waals surface area contributed by atoms with Crippen LogP contribution in [0.5, 0.6) is 0 Å². The first-order chi connectivity index (χ1) is 14.2. The zero-order chi connectivity index (χ0) is 21.9. The number of benzene rings is 2. The number of amides is 1. The molecule has 1 aromatic heterocycles. The number of aliphatic hydroxyl groups is 1. The molecule has 3 aromatic rings. The fourth-order valence-electron chi connectivity index (χ4n) is 2.29. The predicted molar refractivity (Wildman–Crippen MR) is 103 cm³/mol. The van der Waals surface area contributed by atoms with Gasteiger partial charge in [-0.15, -0.1) is 10.2 Å². The molecule has 0 atom stereocenters. The summed E-state index contributed by atoms with van der Waals surface area (Å²) in [5.41, 5.74) is -0.137. The molecule has 1 heterocycles. The van der Waals surface area contributed by atoms with Gasteiger partial charge >= 0.3 is 12.1 Å². The average Bonchev–Trinajstić information content (AvgIpc) is 3.15. The highest BCUT2D eigenvalue weighted by molar-refractivity contribution is 6.32. The quantitative estimate of drug-likeness (QED) is 0.565. The highest BCUT2D eigenvalue weighted by Gasteiger charge is 2.33. The molecule has 0 unspecified atom stereocenters. The highest BCUT2D eigenvalue weighted by Crippen LogP contribution is 2.35. The van der Waals surface area contributed by atoms with E-state index in [0.29, 0.717) is 11.1 Å². The minimum atomic E-state index is -4.59. The summed E-state index contributed by atoms with van der Waals surface area (Å²) >= 11 is 11.8. The number of hydrogen-bond acceptors (Lipinski definition) is 5. The number of carbonyl (C=O) groups excluding carboxylic acids is 1. The summed E-state index contributed by atoms with van der Waals surface area (Å²) in [5, 5.41) is 18.3. The van der Waals surface area contributed by atoms with E-state index in [1.807, 2.05) is 0 Å². The Balaban J connectivity index is 1.72. The maximum atomic E-state index is 12.7. The largest absolute Gasteiger partial charge is 0.418 e. The molecule has 0 fully saturated rings. The van der Waals surface area contributed by atoms with Crippen LogP contribution in [0, 0.1) is 11.8 Å². The van der Waals surface area contributed by atoms with Crippen LogP contribution in [-0.4, -0.2) is 21.2 Å². The van der Waals surface area contributed by atoms with Crippen LogP contribution in [0.4, 0.5) is 18.9 Å². The molecule has 0 aliphatic carbocycles. The molecule has 11 heteroatoms. The van der Waals surface area contributed by atoms with E-state index in [0.717, 1.165) is 18.2 Å². The van der Waals surface area contributed by atoms with E-state index in [1.165, 1.54) is 12.1 Å². The van der Waals surface area contributed by atoms with E-state index in [-0.39, 0.29) is 22.5 Å². The van der Waals surface area contributed by atoms with E-state index in [4.69, 9.17) is 32.7 Å². The third-order valence-electron chi connectivity index (χ3n) is 3.66. The first-order valence-electron chi connectivity index (χ1n) is 8.10. The number of carbonyl (C=O) groups is 1. The minimum absolute atomic E-state index is 0.0463. The second-order valence-corrected chi connectivity index (χ2v) is 6.56. The SMILES string of the molecule is O=C(C#Cc1ccc(-c2nnc(CO)o2)cc1Cl)Nc1ccc(C(F)(F)F)c(Cl)c1. The van der Waals surface area contributed by atoms with Crippen molar-refractivity contribution in [1.29, 1.82) is 0 Å². The van der Waals surface area contributed by atoms with Crippen molar-refractivity contribution in [3.63, 3.8) is 0 Å². The van der Waals surface area contributed by atoms with Gasteiger partial charge in [0.1, 0.15) is 6.61 Å². The molecule has 0 saturated carbocycles. The summed E-state index contributed by atoms with van der Waals surface area (Å²) in [5.74, 6) is 4.28. The zero-order valence-electron chi connectivity index (χ0n) is 14.7. The number of nitrogens with one attached hydrogen (secondary N) is 1. The van der Waals surface area contributed by atoms with Crippen LogP contribution in [0.2, 0.25) is 10.0 Å². The Morgan fingerprint density at radius 2 is 1.90 bits per heavy atom. The van der Waals surface area contributed by atoms with Crippen LogP contribution in [0.15, 0.2) is 40.8 Å². The number of nitrogens with zero attached hydrogens (tertiary/aromatic N) is 2. The van der Waals surface area contributed by atoms with Crippen molar-refractivity contribution in [1.82, 2.24) is 10.2 Å². The van der Waals surface area contributed by atoms with Crippen molar-refractivity contribution in [2.24, 2.45) is 0 Å². The second-order valence-electron chi connectivity index (χ2n) is 5.75. The topological polar surface area (TPSA) is 88.2 Å². The van der Waals surface area contributed by atoms with Crippen molar-refractivity contribution < 1.29 is 27.5 Å². The number of hydrogen-bond donors (Lipinski definition) is 2. The molecule has 30 heavy (non-hydrogen) atoms. The van der Waals surface area contributed by atoms with Gasteiger partial charge in [0.25, 0.3) is 0 Å². The Morgan fingerprint density at radius 3 is 2.50 bits per heavy atom. The monoisotopic (exact) mass is 455 g/mol. The van der Waals surface area contributed by atoms with E-state index in [2.05, 4.69) is 27.4 Å². The van der Waals surface area contributed by atoms with Gasteiger partial charge in [-0.2, -0.15) is 13.2 Å². The van der Waals surface area contributed by atoms with Gasteiger partial charge in [-0.1, -0.05) is 29.1 Å². The number of halogens is 5. The zero-order valence-corrected chi connectivity index (χ0v) is 16.2. The summed E-state index contributed by atoms with van der Waals surface area (Å²) in [6.07, 6.45) is -4.59. The van der Waals surface area contributed by atoms with Crippen molar-refractivity contribution in [3.05, 3.63) is 63.5 Å². The third-order valence-corrected chi connectivity index (χ3v) is 4.29. The van der Waals surface area contributed by atoms with Crippen LogP contribution in [0.1, 0.15) is 17.0 Å². The van der Waals surface area contributed by atoms with Crippen molar-refractivity contribution in [2.45, 2.75) is 12.8 Å². The normalized spacial score (nSPS) is 11.0. The number of aromatic nitrogens is 2. The first kappa shape index (κ1) is 21.6. The molecule has 6 nitrogen and oxygen atoms in total. The minimum Gasteiger partial charge on any atom is -0.418 e. The summed E-state index contributed by atoms with van der Waals surface area (Å²) < 4.78 is 43.3. The lowest BCUT2D eigenvalue weighted by Gasteiger charge is -2.10. The third kappa shape index (κ3) is 5.10. The Bertz CT molecular complexity index is 1170. The van der Waals surface area contributed by atoms with Gasteiger partial charge in [-0.05, 0) is 36.4 Å². The molecule has 0 spiro atoms. The molecule has 2 N–H and O–H groups in total. The molecule has 0 radical (unpaired) electrons. The average molecular weight is 456 g/mol. The summed E-state index contributed by atoms with van der Waals surface area (Å²) in [6.45, 7) is -0.399. The molecule has 0 aliphatic heterocycles. The molecule has 1 amide bonds. The molecule has 0 aliphatic rings. The summed E-state index contributed by atoms with van der Waals surface area (Å²) in [4.78, 5) is 12.0. The number of anilines is 1. The van der Waals surface area contributed by atoms with Crippen LogP contribution < -0.4 is 5.32 Å². The molecule has 3 rings (SSSR count). The van der Waals surface area contributed by atoms with Crippen molar-refractivity contribution in [3.8, 4) is 23.3 Å². The second kappa shape index (κ2) is 8.75. The van der Waals surface area contributed by atoms with Crippen LogP contribution in [0.3, 0.4) is 0 Å². The molecular weight excluding hydrogens is 446 g/mol. The lowest BCUT2D eigenvalue weighted by Crippen LogP contribution is -2.10. The van der Waals surface area contributed by atoms with E-state index in [1.54, 1.807) is 6.07 Å². The molecule has 2 aromatic carbocycles. The van der Waals surface area contributed by atoms with Gasteiger partial charge in [0.15, 0.2) is 0 Å². The summed E-state index contributed by atoms with van der Waals surface area (Å²) in [7, 11) is 0. The van der Waals surface area contributed by atoms with Gasteiger partial charge in [0.2, 0.25) is 11.8 Å². The molecule has 154 valence electrons. The Morgan fingerprint density at radius 1 is 1.13 bits per heavy atom. The lowest BCUT2D eigenvalue weighted by molar-refractivity contribution is -0.137. The highest BCUT2D eigenvalue weighted by atomic mass is 35.5. The van der Waals surface area contributed by atoms with Gasteiger partial charge in [0.05, 0.1) is 15.6 Å². The number of rotatable bonds is 3. The lowest BCUT2D eigenvalue weighted by atomic mass is 10.1. The van der Waals surface area contributed by atoms with Crippen LogP contribution >= 0.6 is 23.2 Å². The Labute approximate surface area is 177 Å². The van der Waals surface area contributed by atoms with Gasteiger partial charge in [-0.3, -0.25) is 4.79 Å². The number of aliphatic hydroxyl groups excluding tert-OH is 1. The van der Waals surface area contributed by atoms with Gasteiger partial charge in [0, 0.05) is 22.7 Å². The Kier molecular flexibility index (Phi) is 6.31. The molecule has 0 bridgehead atoms. The van der Waals surface area contributed by atoms with E-state index >= 15 is 0 Å². The van der Waals surface area contributed by atoms with Crippen LogP contribution in [-0.2, 0) is 17.6 Å². The standard InChI is InChI=1S/C19H10Cl2F3N3O3/c20-14-7-11(18-27-26-17(9-28)30-18)2-1-10(14)3-6-16(29)25-12-4-5-13(15(21)8-12)19(22,23)24/h1-2,4-5,7-8,28H,9H2,(H,25,29). The van der Waals surface area contributed by atoms with Gasteiger partial charge < -0.3 is 14.8 Å². The molecular formula is C19H10Cl2F3N3O3. The van der Waals surface area contributed by atoms with E-state index in [9.17, 15) is 18.0 Å². The Hall–Kier alpha value is -3.06. The van der Waals surface area contributed by atoms with E-state index < -0.39 is 29.3 Å². The summed E-state index contributed by atoms with van der Waals surface area (Å²) in [6, 6.07) is 7.42. The van der Waals surface area contributed by atoms with Crippen molar-refractivity contribution in [2.75, 3.05) is 5.32 Å². The maximum absolute atomic E-state index is 12.7. The maximum Gasteiger partial charge on any atom is 0.417 e. The smallest absolute Gasteiger partial charge is 0.417 e. The first-order valence-corrected chi connectivity index (χ1v) is 8.86. The predicted octanol–water partition coefficient (Wildman–Crippen LogP) is 4.54. The van der Waals surface area contributed by atoms with Gasteiger partial charge in [-0.25, -0.2) is 0 Å².